The minimum Gasteiger partial charge on any atom is -0.354 e. The van der Waals surface area contributed by atoms with Crippen LogP contribution in [0.2, 0.25) is 4.34 Å². The van der Waals surface area contributed by atoms with Gasteiger partial charge in [-0.25, -0.2) is 4.98 Å². The molecule has 0 atom stereocenters. The fraction of sp³-hybridized carbons (Fsp3) is 0.400. The van der Waals surface area contributed by atoms with Gasteiger partial charge in [0.15, 0.2) is 0 Å². The molecule has 0 unspecified atom stereocenters. The number of anilines is 1. The zero-order chi connectivity index (χ0) is 15.8. The van der Waals surface area contributed by atoms with Crippen molar-refractivity contribution >= 4 is 34.5 Å². The fourth-order valence-corrected chi connectivity index (χ4v) is 4.06. The molecule has 0 spiro atoms. The van der Waals surface area contributed by atoms with Crippen molar-refractivity contribution in [1.29, 1.82) is 0 Å². The number of aryl methyl sites for hydroxylation is 1. The number of nitrogens with zero attached hydrogens (tertiary/aromatic N) is 6. The van der Waals surface area contributed by atoms with Crippen LogP contribution in [0.25, 0.3) is 5.78 Å². The quantitative estimate of drug-likeness (QED) is 0.727. The van der Waals surface area contributed by atoms with Crippen LogP contribution in [0.1, 0.15) is 10.6 Å². The SMILES string of the molecule is Cc1cc(N2CCN(Cc3ccc(Cl)s3)CC2)n2ncnc2n1. The van der Waals surface area contributed by atoms with Gasteiger partial charge < -0.3 is 4.90 Å². The van der Waals surface area contributed by atoms with Crippen LogP contribution in [-0.2, 0) is 6.54 Å². The molecule has 6 nitrogen and oxygen atoms in total. The number of piperazine rings is 1. The summed E-state index contributed by atoms with van der Waals surface area (Å²) in [5.41, 5.74) is 0.969. The molecule has 1 saturated heterocycles. The Morgan fingerprint density at radius 3 is 2.78 bits per heavy atom. The van der Waals surface area contributed by atoms with Gasteiger partial charge in [-0.05, 0) is 19.1 Å². The molecular formula is C15H17ClN6S. The Morgan fingerprint density at radius 1 is 1.22 bits per heavy atom. The number of hydrogen-bond donors (Lipinski definition) is 0. The first-order valence-electron chi connectivity index (χ1n) is 7.58. The summed E-state index contributed by atoms with van der Waals surface area (Å²) in [5.74, 6) is 1.74. The highest BCUT2D eigenvalue weighted by molar-refractivity contribution is 7.16. The zero-order valence-electron chi connectivity index (χ0n) is 12.8. The van der Waals surface area contributed by atoms with Crippen molar-refractivity contribution in [2.75, 3.05) is 31.1 Å². The van der Waals surface area contributed by atoms with E-state index in [0.717, 1.165) is 48.6 Å². The first-order valence-corrected chi connectivity index (χ1v) is 8.77. The maximum Gasteiger partial charge on any atom is 0.254 e. The number of thiophene rings is 1. The number of aromatic nitrogens is 4. The number of hydrogen-bond acceptors (Lipinski definition) is 6. The molecule has 4 heterocycles. The van der Waals surface area contributed by atoms with Crippen molar-refractivity contribution in [3.8, 4) is 0 Å². The minimum absolute atomic E-state index is 0.663. The van der Waals surface area contributed by atoms with Crippen LogP contribution in [0.4, 0.5) is 5.82 Å². The lowest BCUT2D eigenvalue weighted by Crippen LogP contribution is -2.46. The fourth-order valence-electron chi connectivity index (χ4n) is 2.93. The Morgan fingerprint density at radius 2 is 2.04 bits per heavy atom. The molecule has 23 heavy (non-hydrogen) atoms. The first-order chi connectivity index (χ1) is 11.2. The molecule has 0 saturated carbocycles. The van der Waals surface area contributed by atoms with Gasteiger partial charge in [0.1, 0.15) is 12.1 Å². The molecule has 0 amide bonds. The minimum atomic E-state index is 0.663. The van der Waals surface area contributed by atoms with Crippen molar-refractivity contribution in [2.24, 2.45) is 0 Å². The predicted octanol–water partition coefficient (Wildman–Crippen LogP) is 2.47. The largest absolute Gasteiger partial charge is 0.354 e. The number of halogens is 1. The van der Waals surface area contributed by atoms with Gasteiger partial charge >= 0.3 is 0 Å². The normalized spacial score (nSPS) is 16.3. The molecule has 0 radical (unpaired) electrons. The highest BCUT2D eigenvalue weighted by Gasteiger charge is 2.20. The van der Waals surface area contributed by atoms with Crippen LogP contribution in [0.5, 0.6) is 0 Å². The second-order valence-electron chi connectivity index (χ2n) is 5.70. The number of fused-ring (bicyclic) bond motifs is 1. The third kappa shape index (κ3) is 3.04. The summed E-state index contributed by atoms with van der Waals surface area (Å²) >= 11 is 7.67. The molecule has 1 aliphatic rings. The van der Waals surface area contributed by atoms with Crippen molar-refractivity contribution in [2.45, 2.75) is 13.5 Å². The average Bonchev–Trinajstić information content (AvgIpc) is 3.16. The third-order valence-corrected chi connectivity index (χ3v) is 5.28. The Kier molecular flexibility index (Phi) is 3.92. The molecule has 0 bridgehead atoms. The summed E-state index contributed by atoms with van der Waals surface area (Å²) in [6, 6.07) is 6.17. The summed E-state index contributed by atoms with van der Waals surface area (Å²) in [5, 5.41) is 4.30. The average molecular weight is 349 g/mol. The van der Waals surface area contributed by atoms with Gasteiger partial charge in [-0.1, -0.05) is 11.6 Å². The summed E-state index contributed by atoms with van der Waals surface area (Å²) in [4.78, 5) is 14.7. The summed E-state index contributed by atoms with van der Waals surface area (Å²) in [6.45, 7) is 6.95. The second kappa shape index (κ2) is 6.07. The maximum absolute atomic E-state index is 6.01. The third-order valence-electron chi connectivity index (χ3n) is 4.07. The molecule has 1 fully saturated rings. The van der Waals surface area contributed by atoms with Crippen LogP contribution in [0, 0.1) is 6.92 Å². The molecule has 120 valence electrons. The van der Waals surface area contributed by atoms with E-state index in [1.165, 1.54) is 4.88 Å². The maximum atomic E-state index is 6.01. The van der Waals surface area contributed by atoms with Crippen LogP contribution < -0.4 is 4.90 Å². The van der Waals surface area contributed by atoms with Gasteiger partial charge in [-0.2, -0.15) is 14.6 Å². The van der Waals surface area contributed by atoms with Crippen LogP contribution in [-0.4, -0.2) is 50.7 Å². The molecular weight excluding hydrogens is 332 g/mol. The topological polar surface area (TPSA) is 49.6 Å². The van der Waals surface area contributed by atoms with E-state index in [0.29, 0.717) is 5.78 Å². The molecule has 3 aromatic heterocycles. The predicted molar refractivity (Wildman–Crippen MR) is 92.3 cm³/mol. The van der Waals surface area contributed by atoms with E-state index in [1.807, 2.05) is 17.5 Å². The van der Waals surface area contributed by atoms with E-state index in [9.17, 15) is 0 Å². The molecule has 3 aromatic rings. The highest BCUT2D eigenvalue weighted by atomic mass is 35.5. The Balaban J connectivity index is 1.47. The number of rotatable bonds is 3. The second-order valence-corrected chi connectivity index (χ2v) is 7.50. The summed E-state index contributed by atoms with van der Waals surface area (Å²) in [6.07, 6.45) is 1.56. The Hall–Kier alpha value is -1.70. The van der Waals surface area contributed by atoms with E-state index >= 15 is 0 Å². The van der Waals surface area contributed by atoms with E-state index in [-0.39, 0.29) is 0 Å². The van der Waals surface area contributed by atoms with Crippen molar-refractivity contribution in [3.63, 3.8) is 0 Å². The van der Waals surface area contributed by atoms with Crippen LogP contribution >= 0.6 is 22.9 Å². The van der Waals surface area contributed by atoms with Crippen molar-refractivity contribution in [3.05, 3.63) is 39.4 Å². The molecule has 0 aromatic carbocycles. The molecule has 8 heteroatoms. The van der Waals surface area contributed by atoms with E-state index in [4.69, 9.17) is 11.6 Å². The van der Waals surface area contributed by atoms with E-state index in [2.05, 4.69) is 37.0 Å². The Bertz CT molecular complexity index is 820. The highest BCUT2D eigenvalue weighted by Crippen LogP contribution is 2.24. The first kappa shape index (κ1) is 14.9. The van der Waals surface area contributed by atoms with Gasteiger partial charge in [0.25, 0.3) is 5.78 Å². The lowest BCUT2D eigenvalue weighted by molar-refractivity contribution is 0.251. The molecule has 4 rings (SSSR count). The van der Waals surface area contributed by atoms with Gasteiger partial charge in [-0.3, -0.25) is 4.90 Å². The van der Waals surface area contributed by atoms with Crippen LogP contribution in [0.3, 0.4) is 0 Å². The lowest BCUT2D eigenvalue weighted by Gasteiger charge is -2.35. The zero-order valence-corrected chi connectivity index (χ0v) is 14.4. The monoisotopic (exact) mass is 348 g/mol. The summed E-state index contributed by atoms with van der Waals surface area (Å²) < 4.78 is 2.68. The van der Waals surface area contributed by atoms with Gasteiger partial charge in [0.05, 0.1) is 4.34 Å². The molecule has 0 N–H and O–H groups in total. The van der Waals surface area contributed by atoms with Crippen molar-refractivity contribution in [1.82, 2.24) is 24.5 Å². The van der Waals surface area contributed by atoms with E-state index < -0.39 is 0 Å². The van der Waals surface area contributed by atoms with Gasteiger partial charge in [0, 0.05) is 49.4 Å². The standard InChI is InChI=1S/C15H17ClN6S/c1-11-8-14(22-15(19-11)17-10-18-22)21-6-4-20(5-7-21)9-12-2-3-13(16)23-12/h2-3,8,10H,4-7,9H2,1H3. The van der Waals surface area contributed by atoms with Crippen LogP contribution in [0.15, 0.2) is 24.5 Å². The van der Waals surface area contributed by atoms with Gasteiger partial charge in [-0.15, -0.1) is 11.3 Å². The summed E-state index contributed by atoms with van der Waals surface area (Å²) in [7, 11) is 0. The lowest BCUT2D eigenvalue weighted by atomic mass is 10.3. The van der Waals surface area contributed by atoms with E-state index in [1.54, 1.807) is 17.7 Å². The Labute approximate surface area is 143 Å². The van der Waals surface area contributed by atoms with Gasteiger partial charge in [0.2, 0.25) is 0 Å². The smallest absolute Gasteiger partial charge is 0.254 e. The molecule has 1 aliphatic heterocycles. The molecule has 0 aliphatic carbocycles. The van der Waals surface area contributed by atoms with Crippen molar-refractivity contribution < 1.29 is 0 Å².